The maximum atomic E-state index is 11.8. The molecule has 21 heavy (non-hydrogen) atoms. The van der Waals surface area contributed by atoms with E-state index in [0.717, 1.165) is 0 Å². The van der Waals surface area contributed by atoms with E-state index in [9.17, 15) is 4.79 Å². The number of para-hydroxylation sites is 2. The molecule has 0 aliphatic heterocycles. The second-order valence-corrected chi connectivity index (χ2v) is 5.20. The lowest BCUT2D eigenvalue weighted by Crippen LogP contribution is -2.31. The van der Waals surface area contributed by atoms with E-state index in [-0.39, 0.29) is 12.5 Å². The lowest BCUT2D eigenvalue weighted by atomic mass is 10.3. The second kappa shape index (κ2) is 8.64. The Hall–Kier alpha value is -1.59. The Morgan fingerprint density at radius 3 is 2.81 bits per heavy atom. The number of amides is 1. The lowest BCUT2D eigenvalue weighted by Gasteiger charge is -2.12. The SMILES string of the molecule is COc1ccccc1NC(=O)CNCCOC1CCCC1. The summed E-state index contributed by atoms with van der Waals surface area (Å²) in [4.78, 5) is 11.8. The zero-order chi connectivity index (χ0) is 14.9. The van der Waals surface area contributed by atoms with E-state index in [4.69, 9.17) is 9.47 Å². The topological polar surface area (TPSA) is 59.6 Å². The molecule has 5 nitrogen and oxygen atoms in total. The molecule has 1 aliphatic carbocycles. The van der Waals surface area contributed by atoms with Crippen molar-refractivity contribution >= 4 is 11.6 Å². The first-order valence-corrected chi connectivity index (χ1v) is 7.55. The van der Waals surface area contributed by atoms with Crippen molar-refractivity contribution in [3.63, 3.8) is 0 Å². The minimum atomic E-state index is -0.0830. The van der Waals surface area contributed by atoms with Gasteiger partial charge in [-0.1, -0.05) is 25.0 Å². The van der Waals surface area contributed by atoms with Crippen LogP contribution in [0.4, 0.5) is 5.69 Å². The number of benzene rings is 1. The van der Waals surface area contributed by atoms with Crippen LogP contribution in [0, 0.1) is 0 Å². The maximum absolute atomic E-state index is 11.8. The van der Waals surface area contributed by atoms with E-state index in [1.807, 2.05) is 24.3 Å². The minimum Gasteiger partial charge on any atom is -0.495 e. The van der Waals surface area contributed by atoms with Gasteiger partial charge in [-0.05, 0) is 25.0 Å². The fourth-order valence-electron chi connectivity index (χ4n) is 2.50. The number of carbonyl (C=O) groups is 1. The average Bonchev–Trinajstić information content (AvgIpc) is 3.01. The largest absolute Gasteiger partial charge is 0.495 e. The molecule has 0 unspecified atom stereocenters. The van der Waals surface area contributed by atoms with E-state index in [2.05, 4.69) is 10.6 Å². The highest BCUT2D eigenvalue weighted by Gasteiger charge is 2.14. The third kappa shape index (κ3) is 5.36. The van der Waals surface area contributed by atoms with Crippen LogP contribution in [-0.4, -0.2) is 38.8 Å². The normalized spacial score (nSPS) is 15.1. The van der Waals surface area contributed by atoms with Gasteiger partial charge >= 0.3 is 0 Å². The third-order valence-corrected chi connectivity index (χ3v) is 3.60. The molecule has 0 spiro atoms. The number of nitrogens with one attached hydrogen (secondary N) is 2. The van der Waals surface area contributed by atoms with Crippen LogP contribution in [-0.2, 0) is 9.53 Å². The Bertz CT molecular complexity index is 445. The minimum absolute atomic E-state index is 0.0830. The van der Waals surface area contributed by atoms with E-state index in [1.165, 1.54) is 25.7 Å². The van der Waals surface area contributed by atoms with Gasteiger partial charge in [-0.25, -0.2) is 0 Å². The summed E-state index contributed by atoms with van der Waals surface area (Å²) in [5.74, 6) is 0.579. The van der Waals surface area contributed by atoms with E-state index < -0.39 is 0 Å². The van der Waals surface area contributed by atoms with Gasteiger partial charge in [0.25, 0.3) is 0 Å². The highest BCUT2D eigenvalue weighted by molar-refractivity contribution is 5.93. The zero-order valence-electron chi connectivity index (χ0n) is 12.6. The number of methoxy groups -OCH3 is 1. The predicted molar refractivity (Wildman–Crippen MR) is 82.7 cm³/mol. The molecule has 0 aromatic heterocycles. The summed E-state index contributed by atoms with van der Waals surface area (Å²) < 4.78 is 10.9. The number of carbonyl (C=O) groups excluding carboxylic acids is 1. The predicted octanol–water partition coefficient (Wildman–Crippen LogP) is 2.18. The van der Waals surface area contributed by atoms with Crippen LogP contribution in [0.15, 0.2) is 24.3 Å². The summed E-state index contributed by atoms with van der Waals surface area (Å²) in [5.41, 5.74) is 0.689. The molecule has 0 heterocycles. The van der Waals surface area contributed by atoms with Crippen molar-refractivity contribution in [2.24, 2.45) is 0 Å². The smallest absolute Gasteiger partial charge is 0.238 e. The lowest BCUT2D eigenvalue weighted by molar-refractivity contribution is -0.115. The molecule has 2 rings (SSSR count). The number of anilines is 1. The Balaban J connectivity index is 1.61. The Morgan fingerprint density at radius 1 is 1.29 bits per heavy atom. The zero-order valence-corrected chi connectivity index (χ0v) is 12.6. The van der Waals surface area contributed by atoms with Crippen LogP contribution < -0.4 is 15.4 Å². The van der Waals surface area contributed by atoms with Gasteiger partial charge in [0, 0.05) is 6.54 Å². The Labute approximate surface area is 126 Å². The van der Waals surface area contributed by atoms with Crippen LogP contribution in [0.1, 0.15) is 25.7 Å². The summed E-state index contributed by atoms with van der Waals surface area (Å²) in [7, 11) is 1.59. The molecule has 1 aromatic carbocycles. The first kappa shape index (κ1) is 15.8. The van der Waals surface area contributed by atoms with Crippen LogP contribution >= 0.6 is 0 Å². The van der Waals surface area contributed by atoms with Gasteiger partial charge < -0.3 is 20.1 Å². The van der Waals surface area contributed by atoms with Crippen molar-refractivity contribution < 1.29 is 14.3 Å². The Kier molecular flexibility index (Phi) is 6.50. The first-order valence-electron chi connectivity index (χ1n) is 7.55. The van der Waals surface area contributed by atoms with Crippen molar-refractivity contribution in [3.05, 3.63) is 24.3 Å². The fourth-order valence-corrected chi connectivity index (χ4v) is 2.50. The van der Waals surface area contributed by atoms with Gasteiger partial charge in [0.2, 0.25) is 5.91 Å². The highest BCUT2D eigenvalue weighted by Crippen LogP contribution is 2.22. The second-order valence-electron chi connectivity index (χ2n) is 5.20. The molecule has 0 bridgehead atoms. The van der Waals surface area contributed by atoms with E-state index >= 15 is 0 Å². The van der Waals surface area contributed by atoms with Crippen LogP contribution in [0.3, 0.4) is 0 Å². The molecule has 1 aromatic rings. The summed E-state index contributed by atoms with van der Waals surface area (Å²) >= 11 is 0. The molecular formula is C16H24N2O3. The fraction of sp³-hybridized carbons (Fsp3) is 0.562. The molecule has 1 aliphatic rings. The van der Waals surface area contributed by atoms with Gasteiger partial charge in [0.1, 0.15) is 5.75 Å². The van der Waals surface area contributed by atoms with Crippen LogP contribution in [0.25, 0.3) is 0 Å². The van der Waals surface area contributed by atoms with Gasteiger partial charge in [0.05, 0.1) is 32.1 Å². The van der Waals surface area contributed by atoms with Crippen molar-refractivity contribution in [3.8, 4) is 5.75 Å². The molecule has 0 atom stereocenters. The van der Waals surface area contributed by atoms with Crippen molar-refractivity contribution in [2.75, 3.05) is 32.1 Å². The standard InChI is InChI=1S/C16H24N2O3/c1-20-15-9-5-4-8-14(15)18-16(19)12-17-10-11-21-13-6-2-3-7-13/h4-5,8-9,13,17H,2-3,6-7,10-12H2,1H3,(H,18,19). The molecule has 1 amide bonds. The molecule has 116 valence electrons. The molecule has 0 saturated heterocycles. The van der Waals surface area contributed by atoms with E-state index in [0.29, 0.717) is 30.7 Å². The van der Waals surface area contributed by atoms with Gasteiger partial charge in [-0.2, -0.15) is 0 Å². The third-order valence-electron chi connectivity index (χ3n) is 3.60. The summed E-state index contributed by atoms with van der Waals surface area (Å²) in [6, 6.07) is 7.37. The van der Waals surface area contributed by atoms with Crippen LogP contribution in [0.2, 0.25) is 0 Å². The number of hydrogen-bond donors (Lipinski definition) is 2. The number of hydrogen-bond acceptors (Lipinski definition) is 4. The maximum Gasteiger partial charge on any atom is 0.238 e. The van der Waals surface area contributed by atoms with Crippen molar-refractivity contribution in [1.82, 2.24) is 5.32 Å². The quantitative estimate of drug-likeness (QED) is 0.721. The number of ether oxygens (including phenoxy) is 2. The van der Waals surface area contributed by atoms with Gasteiger partial charge in [0.15, 0.2) is 0 Å². The molecule has 2 N–H and O–H groups in total. The molecule has 5 heteroatoms. The van der Waals surface area contributed by atoms with Crippen LogP contribution in [0.5, 0.6) is 5.75 Å². The van der Waals surface area contributed by atoms with Crippen molar-refractivity contribution in [2.45, 2.75) is 31.8 Å². The van der Waals surface area contributed by atoms with Crippen molar-refractivity contribution in [1.29, 1.82) is 0 Å². The molecule has 0 radical (unpaired) electrons. The molecular weight excluding hydrogens is 268 g/mol. The monoisotopic (exact) mass is 292 g/mol. The van der Waals surface area contributed by atoms with Gasteiger partial charge in [-0.3, -0.25) is 4.79 Å². The summed E-state index contributed by atoms with van der Waals surface area (Å²) in [6.45, 7) is 1.62. The van der Waals surface area contributed by atoms with E-state index in [1.54, 1.807) is 7.11 Å². The highest BCUT2D eigenvalue weighted by atomic mass is 16.5. The first-order chi connectivity index (χ1) is 10.3. The summed E-state index contributed by atoms with van der Waals surface area (Å²) in [6.07, 6.45) is 5.33. The summed E-state index contributed by atoms with van der Waals surface area (Å²) in [5, 5.41) is 5.92. The number of rotatable bonds is 8. The Morgan fingerprint density at radius 2 is 2.05 bits per heavy atom. The average molecular weight is 292 g/mol. The molecule has 1 fully saturated rings. The van der Waals surface area contributed by atoms with Gasteiger partial charge in [-0.15, -0.1) is 0 Å². The molecule has 1 saturated carbocycles.